The number of hydrogen-bond donors (Lipinski definition) is 1. The topological polar surface area (TPSA) is 21.3 Å². The Bertz CT molecular complexity index is 566. The molecule has 0 aliphatic rings. The molecule has 21 heavy (non-hydrogen) atoms. The van der Waals surface area contributed by atoms with E-state index in [1.807, 2.05) is 32.0 Å². The summed E-state index contributed by atoms with van der Waals surface area (Å²) < 4.78 is 18.4. The minimum absolute atomic E-state index is 0.168. The van der Waals surface area contributed by atoms with Gasteiger partial charge in [0, 0.05) is 6.54 Å². The summed E-state index contributed by atoms with van der Waals surface area (Å²) in [5.74, 6) is 0.738. The molecule has 0 aliphatic carbocycles. The van der Waals surface area contributed by atoms with Gasteiger partial charge >= 0.3 is 0 Å². The molecular formula is C18H22FNO. The summed E-state index contributed by atoms with van der Waals surface area (Å²) in [4.78, 5) is 0. The molecule has 0 unspecified atom stereocenters. The van der Waals surface area contributed by atoms with Crippen molar-refractivity contribution in [2.45, 2.75) is 26.8 Å². The number of nitrogens with one attached hydrogen (secondary N) is 1. The fourth-order valence-electron chi connectivity index (χ4n) is 2.27. The minimum Gasteiger partial charge on any atom is -0.494 e. The van der Waals surface area contributed by atoms with Crippen molar-refractivity contribution in [3.8, 4) is 5.75 Å². The van der Waals surface area contributed by atoms with E-state index in [1.54, 1.807) is 6.07 Å². The van der Waals surface area contributed by atoms with Crippen molar-refractivity contribution in [3.63, 3.8) is 0 Å². The molecule has 112 valence electrons. The number of benzene rings is 2. The third-order valence-electron chi connectivity index (χ3n) is 3.44. The molecule has 0 atom stereocenters. The lowest BCUT2D eigenvalue weighted by Crippen LogP contribution is -2.17. The average molecular weight is 287 g/mol. The summed E-state index contributed by atoms with van der Waals surface area (Å²) in [5.41, 5.74) is 3.43. The number of aryl methyl sites for hydroxylation is 1. The molecule has 2 rings (SSSR count). The van der Waals surface area contributed by atoms with Gasteiger partial charge in [0.15, 0.2) is 0 Å². The van der Waals surface area contributed by atoms with Gasteiger partial charge in [-0.05, 0) is 67.8 Å². The van der Waals surface area contributed by atoms with E-state index in [9.17, 15) is 4.39 Å². The second-order valence-corrected chi connectivity index (χ2v) is 5.07. The van der Waals surface area contributed by atoms with Gasteiger partial charge in [-0.2, -0.15) is 0 Å². The summed E-state index contributed by atoms with van der Waals surface area (Å²) in [6, 6.07) is 13.1. The smallest absolute Gasteiger partial charge is 0.123 e. The van der Waals surface area contributed by atoms with Crippen LogP contribution < -0.4 is 10.1 Å². The molecule has 0 aromatic heterocycles. The van der Waals surface area contributed by atoms with Crippen LogP contribution in [0.15, 0.2) is 42.5 Å². The van der Waals surface area contributed by atoms with Crippen molar-refractivity contribution >= 4 is 0 Å². The maximum atomic E-state index is 13.0. The van der Waals surface area contributed by atoms with Gasteiger partial charge in [-0.25, -0.2) is 4.39 Å². The molecule has 3 heteroatoms. The van der Waals surface area contributed by atoms with E-state index < -0.39 is 0 Å². The zero-order valence-electron chi connectivity index (χ0n) is 12.7. The number of ether oxygens (including phenoxy) is 1. The molecule has 2 aromatic rings. The summed E-state index contributed by atoms with van der Waals surface area (Å²) in [6.07, 6.45) is 0.906. The Kier molecular flexibility index (Phi) is 5.76. The van der Waals surface area contributed by atoms with Crippen LogP contribution in [-0.4, -0.2) is 13.2 Å². The van der Waals surface area contributed by atoms with Crippen LogP contribution in [0, 0.1) is 12.7 Å². The van der Waals surface area contributed by atoms with Crippen LogP contribution in [0.3, 0.4) is 0 Å². The zero-order chi connectivity index (χ0) is 15.1. The first-order valence-corrected chi connectivity index (χ1v) is 7.36. The van der Waals surface area contributed by atoms with Gasteiger partial charge in [-0.1, -0.05) is 18.2 Å². The highest BCUT2D eigenvalue weighted by atomic mass is 19.1. The Morgan fingerprint density at radius 1 is 1.10 bits per heavy atom. The molecule has 0 aliphatic heterocycles. The first kappa shape index (κ1) is 15.5. The summed E-state index contributed by atoms with van der Waals surface area (Å²) in [6.45, 7) is 6.32. The third kappa shape index (κ3) is 4.87. The fourth-order valence-corrected chi connectivity index (χ4v) is 2.27. The Labute approximate surface area is 126 Å². The Morgan fingerprint density at radius 3 is 2.52 bits per heavy atom. The predicted molar refractivity (Wildman–Crippen MR) is 84.2 cm³/mol. The summed E-state index contributed by atoms with van der Waals surface area (Å²) in [5, 5.41) is 3.41. The molecule has 1 N–H and O–H groups in total. The SMILES string of the molecule is CCOc1ccc(CNCCc2ccc(F)cc2C)cc1. The molecular weight excluding hydrogens is 265 g/mol. The lowest BCUT2D eigenvalue weighted by molar-refractivity contribution is 0.340. The van der Waals surface area contributed by atoms with Gasteiger partial charge in [-0.15, -0.1) is 0 Å². The largest absolute Gasteiger partial charge is 0.494 e. The normalized spacial score (nSPS) is 10.6. The monoisotopic (exact) mass is 287 g/mol. The second-order valence-electron chi connectivity index (χ2n) is 5.07. The lowest BCUT2D eigenvalue weighted by atomic mass is 10.1. The van der Waals surface area contributed by atoms with Gasteiger partial charge in [0.05, 0.1) is 6.61 Å². The highest BCUT2D eigenvalue weighted by Crippen LogP contribution is 2.12. The standard InChI is InChI=1S/C18H22FNO/c1-3-21-18-8-4-15(5-9-18)13-20-11-10-16-6-7-17(19)12-14(16)2/h4-9,12,20H,3,10-11,13H2,1-2H3. The van der Waals surface area contributed by atoms with Crippen LogP contribution in [0.4, 0.5) is 4.39 Å². The van der Waals surface area contributed by atoms with E-state index in [0.717, 1.165) is 30.8 Å². The molecule has 2 nitrogen and oxygen atoms in total. The van der Waals surface area contributed by atoms with E-state index in [2.05, 4.69) is 17.4 Å². The van der Waals surface area contributed by atoms with Crippen LogP contribution >= 0.6 is 0 Å². The molecule has 0 saturated carbocycles. The van der Waals surface area contributed by atoms with E-state index in [4.69, 9.17) is 4.74 Å². The van der Waals surface area contributed by atoms with Crippen molar-refractivity contribution in [3.05, 3.63) is 65.0 Å². The Hall–Kier alpha value is -1.87. The van der Waals surface area contributed by atoms with Gasteiger partial charge in [0.2, 0.25) is 0 Å². The van der Waals surface area contributed by atoms with Crippen LogP contribution in [0.1, 0.15) is 23.6 Å². The van der Waals surface area contributed by atoms with Crippen molar-refractivity contribution < 1.29 is 9.13 Å². The number of rotatable bonds is 7. The highest BCUT2D eigenvalue weighted by Gasteiger charge is 2.00. The molecule has 0 heterocycles. The van der Waals surface area contributed by atoms with Crippen molar-refractivity contribution in [1.82, 2.24) is 5.32 Å². The van der Waals surface area contributed by atoms with Crippen molar-refractivity contribution in [1.29, 1.82) is 0 Å². The van der Waals surface area contributed by atoms with Crippen LogP contribution in [-0.2, 0) is 13.0 Å². The maximum absolute atomic E-state index is 13.0. The molecule has 0 spiro atoms. The predicted octanol–water partition coefficient (Wildman–Crippen LogP) is 3.87. The second kappa shape index (κ2) is 7.79. The molecule has 0 bridgehead atoms. The molecule has 2 aromatic carbocycles. The van der Waals surface area contributed by atoms with E-state index in [-0.39, 0.29) is 5.82 Å². The van der Waals surface area contributed by atoms with Gasteiger partial charge < -0.3 is 10.1 Å². The van der Waals surface area contributed by atoms with Gasteiger partial charge in [0.25, 0.3) is 0 Å². The zero-order valence-corrected chi connectivity index (χ0v) is 12.7. The van der Waals surface area contributed by atoms with Crippen molar-refractivity contribution in [2.75, 3.05) is 13.2 Å². The Balaban J connectivity index is 1.76. The van der Waals surface area contributed by atoms with Crippen molar-refractivity contribution in [2.24, 2.45) is 0 Å². The molecule has 0 radical (unpaired) electrons. The number of halogens is 1. The Morgan fingerprint density at radius 2 is 1.86 bits per heavy atom. The van der Waals surface area contributed by atoms with Gasteiger partial charge in [0.1, 0.15) is 11.6 Å². The third-order valence-corrected chi connectivity index (χ3v) is 3.44. The van der Waals surface area contributed by atoms with E-state index >= 15 is 0 Å². The number of hydrogen-bond acceptors (Lipinski definition) is 2. The average Bonchev–Trinajstić information content (AvgIpc) is 2.47. The maximum Gasteiger partial charge on any atom is 0.123 e. The molecule has 0 saturated heterocycles. The quantitative estimate of drug-likeness (QED) is 0.781. The minimum atomic E-state index is -0.168. The lowest BCUT2D eigenvalue weighted by Gasteiger charge is -2.08. The van der Waals surface area contributed by atoms with E-state index in [0.29, 0.717) is 6.61 Å². The first-order chi connectivity index (χ1) is 10.2. The first-order valence-electron chi connectivity index (χ1n) is 7.36. The highest BCUT2D eigenvalue weighted by molar-refractivity contribution is 5.28. The van der Waals surface area contributed by atoms with Crippen LogP contribution in [0.5, 0.6) is 5.75 Å². The van der Waals surface area contributed by atoms with Crippen LogP contribution in [0.25, 0.3) is 0 Å². The summed E-state index contributed by atoms with van der Waals surface area (Å²) in [7, 11) is 0. The molecule has 0 fully saturated rings. The van der Waals surface area contributed by atoms with E-state index in [1.165, 1.54) is 17.2 Å². The molecule has 0 amide bonds. The fraction of sp³-hybridized carbons (Fsp3) is 0.333. The van der Waals surface area contributed by atoms with Crippen LogP contribution in [0.2, 0.25) is 0 Å². The van der Waals surface area contributed by atoms with Gasteiger partial charge in [-0.3, -0.25) is 0 Å². The summed E-state index contributed by atoms with van der Waals surface area (Å²) >= 11 is 0.